The molecule has 0 aliphatic carbocycles. The summed E-state index contributed by atoms with van der Waals surface area (Å²) >= 11 is 0. The van der Waals surface area contributed by atoms with Gasteiger partial charge in [-0.05, 0) is 61.5 Å². The monoisotopic (exact) mass is 388 g/mol. The number of sulfone groups is 1. The van der Waals surface area contributed by atoms with Crippen molar-refractivity contribution in [2.75, 3.05) is 12.9 Å². The number of rotatable bonds is 5. The van der Waals surface area contributed by atoms with E-state index in [0.29, 0.717) is 16.9 Å². The average Bonchev–Trinajstić information content (AvgIpc) is 3.07. The van der Waals surface area contributed by atoms with Crippen molar-refractivity contribution in [2.24, 2.45) is 0 Å². The number of hydrogen-bond donors (Lipinski definition) is 0. The molecule has 0 radical (unpaired) electrons. The number of ether oxygens (including phenoxy) is 1. The van der Waals surface area contributed by atoms with E-state index in [9.17, 15) is 17.6 Å². The zero-order valence-corrected chi connectivity index (χ0v) is 15.5. The lowest BCUT2D eigenvalue weighted by Gasteiger charge is -2.08. The Morgan fingerprint density at radius 2 is 1.74 bits per heavy atom. The number of halogens is 1. The first kappa shape index (κ1) is 18.8. The van der Waals surface area contributed by atoms with E-state index < -0.39 is 15.8 Å². The second kappa shape index (κ2) is 7.32. The summed E-state index contributed by atoms with van der Waals surface area (Å²) in [4.78, 5) is 12.2. The van der Waals surface area contributed by atoms with Crippen molar-refractivity contribution in [3.8, 4) is 16.9 Å². The van der Waals surface area contributed by atoms with Crippen molar-refractivity contribution in [2.45, 2.75) is 11.8 Å². The van der Waals surface area contributed by atoms with Crippen LogP contribution in [0.25, 0.3) is 16.9 Å². The van der Waals surface area contributed by atoms with Crippen LogP contribution in [0.15, 0.2) is 59.5 Å². The van der Waals surface area contributed by atoms with Crippen molar-refractivity contribution in [3.63, 3.8) is 0 Å². The molecule has 0 aliphatic rings. The third-order valence-electron chi connectivity index (χ3n) is 3.84. The normalized spacial score (nSPS) is 11.4. The van der Waals surface area contributed by atoms with Gasteiger partial charge in [-0.1, -0.05) is 0 Å². The Balaban J connectivity index is 2.12. The first-order valence-electron chi connectivity index (χ1n) is 8.13. The highest BCUT2D eigenvalue weighted by Crippen LogP contribution is 2.25. The summed E-state index contributed by atoms with van der Waals surface area (Å²) in [5.74, 6) is -0.958. The number of hydrogen-bond acceptors (Lipinski definition) is 5. The molecule has 0 spiro atoms. The van der Waals surface area contributed by atoms with Gasteiger partial charge in [0.15, 0.2) is 15.5 Å². The fourth-order valence-electron chi connectivity index (χ4n) is 2.54. The molecule has 0 unspecified atom stereocenters. The third-order valence-corrected chi connectivity index (χ3v) is 4.97. The van der Waals surface area contributed by atoms with E-state index in [4.69, 9.17) is 4.74 Å². The van der Waals surface area contributed by atoms with Crippen LogP contribution < -0.4 is 0 Å². The number of nitrogens with zero attached hydrogens (tertiary/aromatic N) is 2. The molecular weight excluding hydrogens is 371 g/mol. The lowest BCUT2D eigenvalue weighted by Crippen LogP contribution is -2.07. The van der Waals surface area contributed by atoms with E-state index in [0.717, 1.165) is 6.26 Å². The molecule has 0 N–H and O–H groups in total. The molecule has 27 heavy (non-hydrogen) atoms. The van der Waals surface area contributed by atoms with Gasteiger partial charge in [0.05, 0.1) is 22.9 Å². The lowest BCUT2D eigenvalue weighted by atomic mass is 10.1. The van der Waals surface area contributed by atoms with E-state index in [2.05, 4.69) is 5.10 Å². The van der Waals surface area contributed by atoms with Crippen LogP contribution in [0.4, 0.5) is 4.39 Å². The van der Waals surface area contributed by atoms with Crippen LogP contribution in [0, 0.1) is 5.82 Å². The lowest BCUT2D eigenvalue weighted by molar-refractivity contribution is 0.0519. The van der Waals surface area contributed by atoms with Crippen molar-refractivity contribution in [1.82, 2.24) is 9.78 Å². The van der Waals surface area contributed by atoms with Gasteiger partial charge in [-0.3, -0.25) is 0 Å². The van der Waals surface area contributed by atoms with Crippen LogP contribution >= 0.6 is 0 Å². The molecular formula is C19H17FN2O4S. The van der Waals surface area contributed by atoms with E-state index >= 15 is 0 Å². The Labute approximate surface area is 156 Å². The highest BCUT2D eigenvalue weighted by molar-refractivity contribution is 7.90. The molecule has 1 heterocycles. The molecule has 3 rings (SSSR count). The Hall–Kier alpha value is -3.00. The number of aromatic nitrogens is 2. The van der Waals surface area contributed by atoms with Crippen LogP contribution in [-0.2, 0) is 14.6 Å². The van der Waals surface area contributed by atoms with Gasteiger partial charge in [0, 0.05) is 11.8 Å². The number of benzene rings is 2. The first-order valence-corrected chi connectivity index (χ1v) is 10.0. The summed E-state index contributed by atoms with van der Waals surface area (Å²) in [6.07, 6.45) is 1.12. The van der Waals surface area contributed by atoms with Crippen LogP contribution in [0.1, 0.15) is 17.4 Å². The highest BCUT2D eigenvalue weighted by Gasteiger charge is 2.18. The third kappa shape index (κ3) is 4.06. The molecule has 2 aromatic carbocycles. The first-order chi connectivity index (χ1) is 12.8. The second-order valence-electron chi connectivity index (χ2n) is 5.82. The van der Waals surface area contributed by atoms with Gasteiger partial charge >= 0.3 is 5.97 Å². The smallest absolute Gasteiger partial charge is 0.358 e. The Bertz CT molecular complexity index is 1070. The van der Waals surface area contributed by atoms with Crippen molar-refractivity contribution in [3.05, 3.63) is 66.1 Å². The quantitative estimate of drug-likeness (QED) is 0.627. The minimum atomic E-state index is -3.33. The van der Waals surface area contributed by atoms with Gasteiger partial charge in [-0.2, -0.15) is 5.10 Å². The molecule has 0 aliphatic heterocycles. The number of carbonyl (C=O) groups is 1. The molecule has 0 saturated carbocycles. The van der Waals surface area contributed by atoms with Crippen LogP contribution in [-0.4, -0.2) is 37.0 Å². The van der Waals surface area contributed by atoms with E-state index in [1.54, 1.807) is 37.3 Å². The van der Waals surface area contributed by atoms with Crippen molar-refractivity contribution in [1.29, 1.82) is 0 Å². The summed E-state index contributed by atoms with van der Waals surface area (Å²) < 4.78 is 43.0. The summed E-state index contributed by atoms with van der Waals surface area (Å²) in [5, 5.41) is 4.29. The zero-order valence-electron chi connectivity index (χ0n) is 14.7. The molecule has 0 bridgehead atoms. The topological polar surface area (TPSA) is 78.3 Å². The molecule has 0 amide bonds. The highest BCUT2D eigenvalue weighted by atomic mass is 32.2. The average molecular weight is 388 g/mol. The van der Waals surface area contributed by atoms with Crippen molar-refractivity contribution < 1.29 is 22.3 Å². The van der Waals surface area contributed by atoms with Crippen molar-refractivity contribution >= 4 is 15.8 Å². The van der Waals surface area contributed by atoms with Gasteiger partial charge in [-0.25, -0.2) is 22.3 Å². The molecule has 0 fully saturated rings. The Morgan fingerprint density at radius 1 is 1.11 bits per heavy atom. The maximum Gasteiger partial charge on any atom is 0.358 e. The van der Waals surface area contributed by atoms with Gasteiger partial charge in [0.1, 0.15) is 5.82 Å². The maximum absolute atomic E-state index is 13.3. The maximum atomic E-state index is 13.3. The largest absolute Gasteiger partial charge is 0.461 e. The van der Waals surface area contributed by atoms with E-state index in [1.807, 2.05) is 0 Å². The number of carbonyl (C=O) groups excluding carboxylic acids is 1. The molecule has 0 saturated heterocycles. The zero-order chi connectivity index (χ0) is 19.6. The van der Waals surface area contributed by atoms with E-state index in [1.165, 1.54) is 28.9 Å². The SMILES string of the molecule is CCOC(=O)c1cc(-c2ccc(F)cc2)n(-c2ccc(S(C)(=O)=O)cc2)n1. The van der Waals surface area contributed by atoms with Crippen LogP contribution in [0.3, 0.4) is 0 Å². The minimum absolute atomic E-state index is 0.100. The Kier molecular flexibility index (Phi) is 5.09. The molecule has 6 nitrogen and oxygen atoms in total. The van der Waals surface area contributed by atoms with Gasteiger partial charge in [0.2, 0.25) is 0 Å². The minimum Gasteiger partial charge on any atom is -0.461 e. The van der Waals surface area contributed by atoms with Crippen LogP contribution in [0.2, 0.25) is 0 Å². The van der Waals surface area contributed by atoms with Crippen LogP contribution in [0.5, 0.6) is 0 Å². The molecule has 1 aromatic heterocycles. The van der Waals surface area contributed by atoms with Gasteiger partial charge in [-0.15, -0.1) is 0 Å². The summed E-state index contributed by atoms with van der Waals surface area (Å²) in [5.41, 5.74) is 1.84. The predicted molar refractivity (Wildman–Crippen MR) is 98.0 cm³/mol. The fourth-order valence-corrected chi connectivity index (χ4v) is 3.17. The van der Waals surface area contributed by atoms with E-state index in [-0.39, 0.29) is 23.0 Å². The summed E-state index contributed by atoms with van der Waals surface area (Å²) in [6, 6.07) is 13.4. The van der Waals surface area contributed by atoms with Gasteiger partial charge < -0.3 is 4.74 Å². The number of esters is 1. The summed E-state index contributed by atoms with van der Waals surface area (Å²) in [6.45, 7) is 1.90. The standard InChI is InChI=1S/C19H17FN2O4S/c1-3-26-19(23)17-12-18(13-4-6-14(20)7-5-13)22(21-17)15-8-10-16(11-9-15)27(2,24)25/h4-12H,3H2,1-2H3. The summed E-state index contributed by atoms with van der Waals surface area (Å²) in [7, 11) is -3.33. The van der Waals surface area contributed by atoms with Gasteiger partial charge in [0.25, 0.3) is 0 Å². The molecule has 0 atom stereocenters. The molecule has 8 heteroatoms. The molecule has 3 aromatic rings. The second-order valence-corrected chi connectivity index (χ2v) is 7.84. The molecule has 140 valence electrons. The predicted octanol–water partition coefficient (Wildman–Crippen LogP) is 3.26. The fraction of sp³-hybridized carbons (Fsp3) is 0.158. The Morgan fingerprint density at radius 3 is 2.30 bits per heavy atom.